The minimum atomic E-state index is -0.664. The number of amides is 2. The van der Waals surface area contributed by atoms with E-state index >= 15 is 0 Å². The molecule has 0 bridgehead atoms. The van der Waals surface area contributed by atoms with Crippen LogP contribution in [0.25, 0.3) is 6.08 Å². The van der Waals surface area contributed by atoms with E-state index in [4.69, 9.17) is 16.8 Å². The number of benzene rings is 1. The monoisotopic (exact) mass is 375 g/mol. The van der Waals surface area contributed by atoms with Gasteiger partial charge in [0.15, 0.2) is 0 Å². The van der Waals surface area contributed by atoms with Gasteiger partial charge >= 0.3 is 0 Å². The van der Waals surface area contributed by atoms with Crippen molar-refractivity contribution in [2.24, 2.45) is 0 Å². The third-order valence-corrected chi connectivity index (χ3v) is 3.62. The number of hydrogen-bond acceptors (Lipinski definition) is 6. The first-order chi connectivity index (χ1) is 12.5. The van der Waals surface area contributed by atoms with E-state index in [9.17, 15) is 9.59 Å². The molecule has 0 aliphatic heterocycles. The number of carbonyl (C=O) groups is 2. The van der Waals surface area contributed by atoms with Crippen molar-refractivity contribution >= 4 is 35.3 Å². The molecule has 1 heterocycles. The van der Waals surface area contributed by atoms with Gasteiger partial charge < -0.3 is 10.2 Å². The van der Waals surface area contributed by atoms with Gasteiger partial charge in [-0.15, -0.1) is 0 Å². The highest BCUT2D eigenvalue weighted by atomic mass is 35.5. The maximum absolute atomic E-state index is 12.2. The summed E-state index contributed by atoms with van der Waals surface area (Å²) in [4.78, 5) is 32.8. The Labute approximate surface area is 155 Å². The van der Waals surface area contributed by atoms with Gasteiger partial charge in [0.1, 0.15) is 5.82 Å². The predicted octanol–water partition coefficient (Wildman–Crippen LogP) is 1.72. The molecule has 0 aliphatic carbocycles. The molecule has 0 fully saturated rings. The van der Waals surface area contributed by atoms with Gasteiger partial charge in [0.25, 0.3) is 5.91 Å². The quantitative estimate of drug-likeness (QED) is 0.386. The summed E-state index contributed by atoms with van der Waals surface area (Å²) in [5, 5.41) is 11.9. The van der Waals surface area contributed by atoms with Crippen LogP contribution in [0.1, 0.15) is 11.3 Å². The summed E-state index contributed by atoms with van der Waals surface area (Å²) >= 11 is 5.84. The minimum Gasteiger partial charge on any atom is -0.360 e. The number of nitrogens with one attached hydrogen (secondary N) is 2. The number of carbonyl (C=O) groups excluding carboxylic acids is 2. The number of hydroxylamine groups is 1. The van der Waals surface area contributed by atoms with Crippen molar-refractivity contribution in [1.29, 1.82) is 0 Å². The van der Waals surface area contributed by atoms with Crippen LogP contribution in [0.2, 0.25) is 5.02 Å². The standard InChI is InChI=1S/C17H18ClN5O3/c1-23(11-12-2-4-13(18)5-3-12)17(25)10-21-15-9-19-14(8-20-15)6-7-16(24)22-26/h2-9,26H,10-11H2,1H3,(H,20,21)(H,22,24)/b7-6+. The van der Waals surface area contributed by atoms with Crippen molar-refractivity contribution in [3.05, 3.63) is 59.0 Å². The van der Waals surface area contributed by atoms with Crippen molar-refractivity contribution in [1.82, 2.24) is 20.3 Å². The molecular formula is C17H18ClN5O3. The highest BCUT2D eigenvalue weighted by Crippen LogP contribution is 2.11. The van der Waals surface area contributed by atoms with Crippen molar-refractivity contribution in [2.75, 3.05) is 18.9 Å². The zero-order valence-electron chi connectivity index (χ0n) is 14.0. The second-order valence-electron chi connectivity index (χ2n) is 5.37. The molecule has 0 aliphatic rings. The topological polar surface area (TPSA) is 107 Å². The normalized spacial score (nSPS) is 10.6. The van der Waals surface area contributed by atoms with Gasteiger partial charge in [0, 0.05) is 24.7 Å². The molecular weight excluding hydrogens is 358 g/mol. The lowest BCUT2D eigenvalue weighted by molar-refractivity contribution is -0.128. The molecule has 8 nitrogen and oxygen atoms in total. The Bertz CT molecular complexity index is 778. The largest absolute Gasteiger partial charge is 0.360 e. The Hall–Kier alpha value is -2.97. The van der Waals surface area contributed by atoms with Crippen LogP contribution in [0.5, 0.6) is 0 Å². The molecule has 1 aromatic heterocycles. The lowest BCUT2D eigenvalue weighted by Crippen LogP contribution is -2.31. The molecule has 2 amide bonds. The summed E-state index contributed by atoms with van der Waals surface area (Å²) < 4.78 is 0. The third kappa shape index (κ3) is 6.15. The van der Waals surface area contributed by atoms with E-state index in [1.807, 2.05) is 12.1 Å². The number of halogens is 1. The van der Waals surface area contributed by atoms with E-state index < -0.39 is 5.91 Å². The second kappa shape index (κ2) is 9.50. The van der Waals surface area contributed by atoms with Gasteiger partial charge in [-0.1, -0.05) is 23.7 Å². The molecule has 2 aromatic rings. The first-order valence-corrected chi connectivity index (χ1v) is 8.02. The molecule has 26 heavy (non-hydrogen) atoms. The Morgan fingerprint density at radius 3 is 2.58 bits per heavy atom. The van der Waals surface area contributed by atoms with Crippen LogP contribution in [0.4, 0.5) is 5.82 Å². The van der Waals surface area contributed by atoms with Crippen LogP contribution in [0.15, 0.2) is 42.7 Å². The number of aromatic nitrogens is 2. The summed E-state index contributed by atoms with van der Waals surface area (Å²) in [7, 11) is 1.71. The zero-order chi connectivity index (χ0) is 18.9. The molecule has 0 unspecified atom stereocenters. The molecule has 136 valence electrons. The van der Waals surface area contributed by atoms with E-state index in [2.05, 4.69) is 15.3 Å². The summed E-state index contributed by atoms with van der Waals surface area (Å²) in [5.74, 6) is -0.337. The first kappa shape index (κ1) is 19.4. The molecule has 0 saturated heterocycles. The molecule has 0 saturated carbocycles. The number of likely N-dealkylation sites (N-methyl/N-ethyl adjacent to an activating group) is 1. The second-order valence-corrected chi connectivity index (χ2v) is 5.80. The van der Waals surface area contributed by atoms with Crippen LogP contribution < -0.4 is 10.8 Å². The summed E-state index contributed by atoms with van der Waals surface area (Å²) in [6, 6.07) is 7.30. The molecule has 9 heteroatoms. The molecule has 0 atom stereocenters. The van der Waals surface area contributed by atoms with Gasteiger partial charge in [-0.05, 0) is 23.8 Å². The van der Waals surface area contributed by atoms with Crippen LogP contribution in [-0.2, 0) is 16.1 Å². The van der Waals surface area contributed by atoms with E-state index in [0.717, 1.165) is 11.6 Å². The van der Waals surface area contributed by atoms with Gasteiger partial charge in [-0.2, -0.15) is 0 Å². The predicted molar refractivity (Wildman–Crippen MR) is 97.4 cm³/mol. The number of hydrogen-bond donors (Lipinski definition) is 3. The van der Waals surface area contributed by atoms with Crippen LogP contribution in [0.3, 0.4) is 0 Å². The van der Waals surface area contributed by atoms with Crippen LogP contribution in [0, 0.1) is 0 Å². The highest BCUT2D eigenvalue weighted by Gasteiger charge is 2.09. The van der Waals surface area contributed by atoms with Crippen molar-refractivity contribution < 1.29 is 14.8 Å². The van der Waals surface area contributed by atoms with Crippen LogP contribution >= 0.6 is 11.6 Å². The van der Waals surface area contributed by atoms with Gasteiger partial charge in [0.2, 0.25) is 5.91 Å². The van der Waals surface area contributed by atoms with E-state index in [1.54, 1.807) is 24.1 Å². The molecule has 3 N–H and O–H groups in total. The Morgan fingerprint density at radius 1 is 1.23 bits per heavy atom. The lowest BCUT2D eigenvalue weighted by atomic mass is 10.2. The summed E-state index contributed by atoms with van der Waals surface area (Å²) in [5.41, 5.74) is 2.89. The smallest absolute Gasteiger partial charge is 0.267 e. The molecule has 2 rings (SSSR count). The maximum atomic E-state index is 12.2. The van der Waals surface area contributed by atoms with E-state index in [0.29, 0.717) is 23.1 Å². The van der Waals surface area contributed by atoms with Crippen molar-refractivity contribution in [2.45, 2.75) is 6.54 Å². The Kier molecular flexibility index (Phi) is 7.07. The fraction of sp³-hybridized carbons (Fsp3) is 0.176. The number of rotatable bonds is 7. The summed E-state index contributed by atoms with van der Waals surface area (Å²) in [6.07, 6.45) is 5.40. The van der Waals surface area contributed by atoms with Crippen molar-refractivity contribution in [3.8, 4) is 0 Å². The zero-order valence-corrected chi connectivity index (χ0v) is 14.8. The van der Waals surface area contributed by atoms with Gasteiger partial charge in [-0.3, -0.25) is 19.8 Å². The number of anilines is 1. The third-order valence-electron chi connectivity index (χ3n) is 3.37. The van der Waals surface area contributed by atoms with Crippen LogP contribution in [-0.4, -0.2) is 45.5 Å². The average Bonchev–Trinajstić information content (AvgIpc) is 2.66. The lowest BCUT2D eigenvalue weighted by Gasteiger charge is -2.17. The number of nitrogens with zero attached hydrogens (tertiary/aromatic N) is 3. The van der Waals surface area contributed by atoms with E-state index in [-0.39, 0.29) is 12.5 Å². The first-order valence-electron chi connectivity index (χ1n) is 7.64. The fourth-order valence-electron chi connectivity index (χ4n) is 1.97. The van der Waals surface area contributed by atoms with Crippen molar-refractivity contribution in [3.63, 3.8) is 0 Å². The highest BCUT2D eigenvalue weighted by molar-refractivity contribution is 6.30. The summed E-state index contributed by atoms with van der Waals surface area (Å²) in [6.45, 7) is 0.543. The molecule has 0 radical (unpaired) electrons. The van der Waals surface area contributed by atoms with Gasteiger partial charge in [-0.25, -0.2) is 10.5 Å². The molecule has 1 aromatic carbocycles. The SMILES string of the molecule is CN(Cc1ccc(Cl)cc1)C(=O)CNc1cnc(/C=C/C(=O)NO)cn1. The minimum absolute atomic E-state index is 0.0703. The Morgan fingerprint density at radius 2 is 1.96 bits per heavy atom. The fourth-order valence-corrected chi connectivity index (χ4v) is 2.09. The Balaban J connectivity index is 1.83. The molecule has 0 spiro atoms. The van der Waals surface area contributed by atoms with Gasteiger partial charge in [0.05, 0.1) is 24.6 Å². The average molecular weight is 376 g/mol. The van der Waals surface area contributed by atoms with E-state index in [1.165, 1.54) is 23.9 Å². The maximum Gasteiger partial charge on any atom is 0.267 e.